The lowest BCUT2D eigenvalue weighted by molar-refractivity contribution is -0.114. The summed E-state index contributed by atoms with van der Waals surface area (Å²) in [6.07, 6.45) is 1.79. The second kappa shape index (κ2) is 3.02. The number of fused-ring (bicyclic) bond motifs is 1. The predicted octanol–water partition coefficient (Wildman–Crippen LogP) is 0.875. The number of anilines is 2. The molecule has 0 aliphatic heterocycles. The van der Waals surface area contributed by atoms with Gasteiger partial charge in [-0.2, -0.15) is 0 Å². The Hall–Kier alpha value is -2.04. The maximum Gasteiger partial charge on any atom is 0.222 e. The zero-order chi connectivity index (χ0) is 10.1. The van der Waals surface area contributed by atoms with E-state index in [1.54, 1.807) is 10.6 Å². The van der Waals surface area contributed by atoms with E-state index in [1.807, 2.05) is 18.2 Å². The first kappa shape index (κ1) is 8.55. The zero-order valence-corrected chi connectivity index (χ0v) is 7.69. The summed E-state index contributed by atoms with van der Waals surface area (Å²) in [5, 5.41) is 2.57. The Morgan fingerprint density at radius 3 is 3.00 bits per heavy atom. The fourth-order valence-electron chi connectivity index (χ4n) is 1.27. The van der Waals surface area contributed by atoms with Crippen LogP contribution in [0.5, 0.6) is 0 Å². The number of nitrogen functional groups attached to an aromatic ring is 1. The molecule has 0 unspecified atom stereocenters. The van der Waals surface area contributed by atoms with Crippen molar-refractivity contribution in [3.8, 4) is 0 Å². The molecule has 2 rings (SSSR count). The molecule has 72 valence electrons. The highest BCUT2D eigenvalue weighted by Crippen LogP contribution is 2.18. The van der Waals surface area contributed by atoms with E-state index in [1.165, 1.54) is 6.92 Å². The molecular weight excluding hydrogens is 180 g/mol. The lowest BCUT2D eigenvalue weighted by Crippen LogP contribution is -2.08. The van der Waals surface area contributed by atoms with E-state index in [-0.39, 0.29) is 5.91 Å². The Bertz CT molecular complexity index is 489. The second-order valence-electron chi connectivity index (χ2n) is 2.96. The lowest BCUT2D eigenvalue weighted by Gasteiger charge is -1.97. The second-order valence-corrected chi connectivity index (χ2v) is 2.96. The number of pyridine rings is 1. The molecule has 0 radical (unpaired) electrons. The number of nitrogens with zero attached hydrogens (tertiary/aromatic N) is 2. The summed E-state index contributed by atoms with van der Waals surface area (Å²) in [4.78, 5) is 15.0. The standard InChI is InChI=1S/C9H10N4O/c1-6(14)11-9-8(10)13-5-3-2-4-7(13)12-9/h2-5H,10H2,1H3,(H,11,14). The van der Waals surface area contributed by atoms with Crippen molar-refractivity contribution >= 4 is 23.2 Å². The molecule has 0 aliphatic rings. The van der Waals surface area contributed by atoms with Crippen molar-refractivity contribution in [3.63, 3.8) is 0 Å². The van der Waals surface area contributed by atoms with Gasteiger partial charge in [0.1, 0.15) is 5.65 Å². The molecule has 0 atom stereocenters. The van der Waals surface area contributed by atoms with Crippen molar-refractivity contribution in [3.05, 3.63) is 24.4 Å². The van der Waals surface area contributed by atoms with Crippen LogP contribution in [0, 0.1) is 0 Å². The van der Waals surface area contributed by atoms with Crippen LogP contribution < -0.4 is 11.1 Å². The van der Waals surface area contributed by atoms with Gasteiger partial charge in [0.25, 0.3) is 0 Å². The average molecular weight is 190 g/mol. The third kappa shape index (κ3) is 1.28. The fraction of sp³-hybridized carbons (Fsp3) is 0.111. The summed E-state index contributed by atoms with van der Waals surface area (Å²) in [6, 6.07) is 5.53. The molecule has 0 aliphatic carbocycles. The Morgan fingerprint density at radius 1 is 1.57 bits per heavy atom. The van der Waals surface area contributed by atoms with Crippen LogP contribution in [-0.4, -0.2) is 15.3 Å². The highest BCUT2D eigenvalue weighted by molar-refractivity contribution is 5.91. The van der Waals surface area contributed by atoms with E-state index in [0.717, 1.165) is 0 Å². The van der Waals surface area contributed by atoms with E-state index in [2.05, 4.69) is 10.3 Å². The van der Waals surface area contributed by atoms with E-state index in [0.29, 0.717) is 17.3 Å². The smallest absolute Gasteiger partial charge is 0.222 e. The summed E-state index contributed by atoms with van der Waals surface area (Å²) in [5.74, 6) is 0.666. The van der Waals surface area contributed by atoms with Gasteiger partial charge in [0, 0.05) is 13.1 Å². The van der Waals surface area contributed by atoms with Gasteiger partial charge in [0.05, 0.1) is 0 Å². The number of nitrogens with one attached hydrogen (secondary N) is 1. The maximum absolute atomic E-state index is 10.8. The van der Waals surface area contributed by atoms with Crippen molar-refractivity contribution < 1.29 is 4.79 Å². The number of hydrogen-bond donors (Lipinski definition) is 2. The highest BCUT2D eigenvalue weighted by atomic mass is 16.1. The van der Waals surface area contributed by atoms with Crippen LogP contribution in [0.25, 0.3) is 5.65 Å². The normalized spacial score (nSPS) is 10.4. The molecule has 3 N–H and O–H groups in total. The number of hydrogen-bond acceptors (Lipinski definition) is 3. The van der Waals surface area contributed by atoms with E-state index < -0.39 is 0 Å². The number of imidazole rings is 1. The van der Waals surface area contributed by atoms with Crippen molar-refractivity contribution in [1.82, 2.24) is 9.38 Å². The number of carbonyl (C=O) groups is 1. The molecule has 0 fully saturated rings. The quantitative estimate of drug-likeness (QED) is 0.701. The zero-order valence-electron chi connectivity index (χ0n) is 7.69. The Balaban J connectivity index is 2.57. The van der Waals surface area contributed by atoms with Gasteiger partial charge in [-0.25, -0.2) is 4.98 Å². The van der Waals surface area contributed by atoms with Gasteiger partial charge >= 0.3 is 0 Å². The van der Waals surface area contributed by atoms with Gasteiger partial charge in [0.15, 0.2) is 11.6 Å². The largest absolute Gasteiger partial charge is 0.382 e. The SMILES string of the molecule is CC(=O)Nc1nc2ccccn2c1N. The molecule has 0 bridgehead atoms. The molecule has 14 heavy (non-hydrogen) atoms. The first-order valence-electron chi connectivity index (χ1n) is 4.18. The molecule has 5 heteroatoms. The average Bonchev–Trinajstić information content (AvgIpc) is 2.44. The van der Waals surface area contributed by atoms with E-state index in [9.17, 15) is 4.79 Å². The van der Waals surface area contributed by atoms with Crippen LogP contribution in [0.15, 0.2) is 24.4 Å². The van der Waals surface area contributed by atoms with Crippen LogP contribution in [0.4, 0.5) is 11.6 Å². The van der Waals surface area contributed by atoms with Gasteiger partial charge in [0.2, 0.25) is 5.91 Å². The minimum Gasteiger partial charge on any atom is -0.382 e. The van der Waals surface area contributed by atoms with Gasteiger partial charge in [-0.05, 0) is 12.1 Å². The fourth-order valence-corrected chi connectivity index (χ4v) is 1.27. The van der Waals surface area contributed by atoms with Crippen molar-refractivity contribution in [2.75, 3.05) is 11.1 Å². The number of aromatic nitrogens is 2. The van der Waals surface area contributed by atoms with Crippen LogP contribution in [0.3, 0.4) is 0 Å². The third-order valence-electron chi connectivity index (χ3n) is 1.86. The molecule has 1 amide bonds. The number of nitrogens with two attached hydrogens (primary N) is 1. The minimum absolute atomic E-state index is 0.180. The summed E-state index contributed by atoms with van der Waals surface area (Å²) in [6.45, 7) is 1.42. The van der Waals surface area contributed by atoms with Crippen molar-refractivity contribution in [2.45, 2.75) is 6.92 Å². The maximum atomic E-state index is 10.8. The van der Waals surface area contributed by atoms with Gasteiger partial charge < -0.3 is 11.1 Å². The summed E-state index contributed by atoms with van der Waals surface area (Å²) in [7, 11) is 0. The van der Waals surface area contributed by atoms with Crippen LogP contribution in [0.2, 0.25) is 0 Å². The van der Waals surface area contributed by atoms with Crippen molar-refractivity contribution in [2.24, 2.45) is 0 Å². The van der Waals surface area contributed by atoms with E-state index in [4.69, 9.17) is 5.73 Å². The predicted molar refractivity (Wildman–Crippen MR) is 53.9 cm³/mol. The summed E-state index contributed by atoms with van der Waals surface area (Å²) in [5.41, 5.74) is 6.49. The van der Waals surface area contributed by atoms with Gasteiger partial charge in [-0.15, -0.1) is 0 Å². The molecule has 2 aromatic rings. The van der Waals surface area contributed by atoms with Crippen LogP contribution in [-0.2, 0) is 4.79 Å². The molecule has 2 aromatic heterocycles. The summed E-state index contributed by atoms with van der Waals surface area (Å²) < 4.78 is 1.71. The lowest BCUT2D eigenvalue weighted by atomic mass is 10.5. The minimum atomic E-state index is -0.180. The molecule has 5 nitrogen and oxygen atoms in total. The molecule has 0 saturated carbocycles. The Kier molecular flexibility index (Phi) is 1.85. The van der Waals surface area contributed by atoms with Crippen LogP contribution >= 0.6 is 0 Å². The van der Waals surface area contributed by atoms with Crippen molar-refractivity contribution in [1.29, 1.82) is 0 Å². The third-order valence-corrected chi connectivity index (χ3v) is 1.86. The van der Waals surface area contributed by atoms with Crippen LogP contribution in [0.1, 0.15) is 6.92 Å². The Morgan fingerprint density at radius 2 is 2.36 bits per heavy atom. The molecule has 0 spiro atoms. The first-order chi connectivity index (χ1) is 6.68. The Labute approximate surface area is 80.6 Å². The van der Waals surface area contributed by atoms with Gasteiger partial charge in [-0.3, -0.25) is 9.20 Å². The topological polar surface area (TPSA) is 72.4 Å². The summed E-state index contributed by atoms with van der Waals surface area (Å²) >= 11 is 0. The molecule has 0 aromatic carbocycles. The monoisotopic (exact) mass is 190 g/mol. The highest BCUT2D eigenvalue weighted by Gasteiger charge is 2.08. The number of rotatable bonds is 1. The molecular formula is C9H10N4O. The number of amides is 1. The molecule has 0 saturated heterocycles. The molecule has 2 heterocycles. The number of carbonyl (C=O) groups excluding carboxylic acids is 1. The van der Waals surface area contributed by atoms with Gasteiger partial charge in [-0.1, -0.05) is 6.07 Å². The first-order valence-corrected chi connectivity index (χ1v) is 4.18. The van der Waals surface area contributed by atoms with E-state index >= 15 is 0 Å².